The predicted octanol–water partition coefficient (Wildman–Crippen LogP) is 2.74. The van der Waals surface area contributed by atoms with Crippen molar-refractivity contribution in [2.45, 2.75) is 6.36 Å². The monoisotopic (exact) mass is 284 g/mol. The summed E-state index contributed by atoms with van der Waals surface area (Å²) in [6, 6.07) is 6.16. The topological polar surface area (TPSA) is 72.3 Å². The molecule has 0 saturated heterocycles. The Morgan fingerprint density at radius 3 is 2.65 bits per heavy atom. The van der Waals surface area contributed by atoms with Crippen LogP contribution in [0.15, 0.2) is 36.5 Å². The minimum atomic E-state index is -4.80. The van der Waals surface area contributed by atoms with Crippen molar-refractivity contribution in [3.05, 3.63) is 42.2 Å². The van der Waals surface area contributed by atoms with Crippen molar-refractivity contribution in [3.63, 3.8) is 0 Å². The fraction of sp³-hybridized carbons (Fsp3) is 0.0833. The number of ether oxygens (including phenoxy) is 1. The number of carbonyl (C=O) groups is 1. The molecule has 1 aromatic heterocycles. The lowest BCUT2D eigenvalue weighted by Crippen LogP contribution is -2.17. The van der Waals surface area contributed by atoms with Gasteiger partial charge < -0.3 is 9.84 Å². The van der Waals surface area contributed by atoms with E-state index in [1.807, 2.05) is 0 Å². The number of alkyl halides is 3. The molecule has 0 atom stereocenters. The molecule has 1 heterocycles. The highest BCUT2D eigenvalue weighted by molar-refractivity contribution is 5.85. The van der Waals surface area contributed by atoms with Crippen molar-refractivity contribution < 1.29 is 27.8 Å². The molecule has 5 nitrogen and oxygen atoms in total. The van der Waals surface area contributed by atoms with Gasteiger partial charge in [0.2, 0.25) is 0 Å². The molecular formula is C12H7F3N2O3. The number of halogens is 3. The van der Waals surface area contributed by atoms with Crippen LogP contribution < -0.4 is 4.74 Å². The van der Waals surface area contributed by atoms with Crippen LogP contribution in [-0.4, -0.2) is 27.4 Å². The quantitative estimate of drug-likeness (QED) is 0.938. The normalized spacial score (nSPS) is 11.2. The zero-order chi connectivity index (χ0) is 14.8. The number of aromatic nitrogens is 2. The molecule has 104 valence electrons. The van der Waals surface area contributed by atoms with Crippen LogP contribution in [-0.2, 0) is 0 Å². The zero-order valence-electron chi connectivity index (χ0n) is 9.76. The van der Waals surface area contributed by atoms with Gasteiger partial charge in [-0.25, -0.2) is 14.8 Å². The number of hydrogen-bond acceptors (Lipinski definition) is 4. The third-order valence-electron chi connectivity index (χ3n) is 2.20. The average molecular weight is 284 g/mol. The number of carboxylic acid groups (broad SMARTS) is 1. The summed E-state index contributed by atoms with van der Waals surface area (Å²) in [6.45, 7) is 0. The first-order valence-corrected chi connectivity index (χ1v) is 5.28. The lowest BCUT2D eigenvalue weighted by atomic mass is 10.2. The van der Waals surface area contributed by atoms with E-state index in [2.05, 4.69) is 14.7 Å². The van der Waals surface area contributed by atoms with Gasteiger partial charge in [0.05, 0.1) is 0 Å². The van der Waals surface area contributed by atoms with Crippen LogP contribution in [0.1, 0.15) is 10.5 Å². The summed E-state index contributed by atoms with van der Waals surface area (Å²) in [5.41, 5.74) is -0.0352. The number of hydrogen-bond donors (Lipinski definition) is 1. The highest BCUT2D eigenvalue weighted by atomic mass is 19.4. The van der Waals surface area contributed by atoms with Crippen molar-refractivity contribution in [2.75, 3.05) is 0 Å². The molecule has 1 N–H and O–H groups in total. The summed E-state index contributed by atoms with van der Waals surface area (Å²) < 4.78 is 40.1. The predicted molar refractivity (Wildman–Crippen MR) is 61.1 cm³/mol. The van der Waals surface area contributed by atoms with Gasteiger partial charge in [-0.15, -0.1) is 13.2 Å². The summed E-state index contributed by atoms with van der Waals surface area (Å²) in [4.78, 5) is 18.3. The first-order chi connectivity index (χ1) is 9.35. The van der Waals surface area contributed by atoms with Gasteiger partial charge in [-0.2, -0.15) is 0 Å². The molecule has 0 bridgehead atoms. The molecule has 1 aromatic carbocycles. The van der Waals surface area contributed by atoms with E-state index in [9.17, 15) is 18.0 Å². The van der Waals surface area contributed by atoms with Crippen LogP contribution in [0.4, 0.5) is 13.2 Å². The van der Waals surface area contributed by atoms with Gasteiger partial charge in [0.25, 0.3) is 0 Å². The maximum absolute atomic E-state index is 12.1. The second-order valence-electron chi connectivity index (χ2n) is 3.65. The van der Waals surface area contributed by atoms with Crippen molar-refractivity contribution in [3.8, 4) is 17.1 Å². The lowest BCUT2D eigenvalue weighted by Gasteiger charge is -2.09. The van der Waals surface area contributed by atoms with E-state index in [1.165, 1.54) is 24.4 Å². The minimum Gasteiger partial charge on any atom is -0.477 e. The minimum absolute atomic E-state index is 0.00229. The largest absolute Gasteiger partial charge is 0.573 e. The molecule has 0 aliphatic rings. The first kappa shape index (κ1) is 13.8. The summed E-state index contributed by atoms with van der Waals surface area (Å²) in [7, 11) is 0. The first-order valence-electron chi connectivity index (χ1n) is 5.28. The van der Waals surface area contributed by atoms with E-state index in [0.29, 0.717) is 0 Å². The summed E-state index contributed by atoms with van der Waals surface area (Å²) >= 11 is 0. The van der Waals surface area contributed by atoms with Gasteiger partial charge in [-0.05, 0) is 18.2 Å². The summed E-state index contributed by atoms with van der Waals surface area (Å²) in [5, 5.41) is 8.80. The van der Waals surface area contributed by atoms with E-state index < -0.39 is 18.1 Å². The Balaban J connectivity index is 2.36. The SMILES string of the molecule is O=C(O)c1ccnc(-c2cccc(OC(F)(F)F)c2)n1. The highest BCUT2D eigenvalue weighted by Crippen LogP contribution is 2.26. The Labute approximate surface area is 110 Å². The molecule has 0 aliphatic carbocycles. The molecule has 0 radical (unpaired) electrons. The van der Waals surface area contributed by atoms with Gasteiger partial charge in [0.15, 0.2) is 11.5 Å². The molecule has 0 fully saturated rings. The Bertz CT molecular complexity index is 644. The maximum atomic E-state index is 12.1. The molecule has 0 unspecified atom stereocenters. The van der Waals surface area contributed by atoms with Crippen molar-refractivity contribution >= 4 is 5.97 Å². The maximum Gasteiger partial charge on any atom is 0.573 e. The third-order valence-corrected chi connectivity index (χ3v) is 2.20. The van der Waals surface area contributed by atoms with Gasteiger partial charge in [-0.1, -0.05) is 12.1 Å². The van der Waals surface area contributed by atoms with Crippen LogP contribution in [0.3, 0.4) is 0 Å². The number of aromatic carboxylic acids is 1. The van der Waals surface area contributed by atoms with Crippen LogP contribution in [0.25, 0.3) is 11.4 Å². The standard InChI is InChI=1S/C12H7F3N2O3/c13-12(14,15)20-8-3-1-2-7(6-8)10-16-5-4-9(17-10)11(18)19/h1-6H,(H,18,19). The van der Waals surface area contributed by atoms with E-state index in [1.54, 1.807) is 0 Å². The Morgan fingerprint density at radius 2 is 2.00 bits per heavy atom. The summed E-state index contributed by atoms with van der Waals surface area (Å²) in [5.74, 6) is -1.69. The molecule has 0 aliphatic heterocycles. The van der Waals surface area contributed by atoms with Gasteiger partial charge in [-0.3, -0.25) is 0 Å². The van der Waals surface area contributed by atoms with Crippen LogP contribution in [0.2, 0.25) is 0 Å². The van der Waals surface area contributed by atoms with Gasteiger partial charge >= 0.3 is 12.3 Å². The Kier molecular flexibility index (Phi) is 3.55. The molecular weight excluding hydrogens is 277 g/mol. The number of rotatable bonds is 3. The molecule has 0 saturated carbocycles. The third kappa shape index (κ3) is 3.44. The molecule has 0 amide bonds. The molecule has 0 spiro atoms. The molecule has 8 heteroatoms. The van der Waals surface area contributed by atoms with E-state index in [0.717, 1.165) is 12.1 Å². The highest BCUT2D eigenvalue weighted by Gasteiger charge is 2.31. The molecule has 2 rings (SSSR count). The molecule has 2 aromatic rings. The number of nitrogens with zero attached hydrogens (tertiary/aromatic N) is 2. The van der Waals surface area contributed by atoms with Crippen molar-refractivity contribution in [2.24, 2.45) is 0 Å². The van der Waals surface area contributed by atoms with E-state index >= 15 is 0 Å². The van der Waals surface area contributed by atoms with Crippen LogP contribution >= 0.6 is 0 Å². The lowest BCUT2D eigenvalue weighted by molar-refractivity contribution is -0.274. The second-order valence-corrected chi connectivity index (χ2v) is 3.65. The van der Waals surface area contributed by atoms with Gasteiger partial charge in [0, 0.05) is 11.8 Å². The van der Waals surface area contributed by atoms with Crippen molar-refractivity contribution in [1.29, 1.82) is 0 Å². The summed E-state index contributed by atoms with van der Waals surface area (Å²) in [6.07, 6.45) is -3.59. The van der Waals surface area contributed by atoms with Crippen LogP contribution in [0.5, 0.6) is 5.75 Å². The average Bonchev–Trinajstić information content (AvgIpc) is 2.37. The molecule has 20 heavy (non-hydrogen) atoms. The Hall–Kier alpha value is -2.64. The number of benzene rings is 1. The fourth-order valence-corrected chi connectivity index (χ4v) is 1.45. The Morgan fingerprint density at radius 1 is 1.25 bits per heavy atom. The van der Waals surface area contributed by atoms with Gasteiger partial charge in [0.1, 0.15) is 5.75 Å². The fourth-order valence-electron chi connectivity index (χ4n) is 1.45. The van der Waals surface area contributed by atoms with Crippen molar-refractivity contribution in [1.82, 2.24) is 9.97 Å². The smallest absolute Gasteiger partial charge is 0.477 e. The van der Waals surface area contributed by atoms with E-state index in [4.69, 9.17) is 5.11 Å². The number of carboxylic acids is 1. The zero-order valence-corrected chi connectivity index (χ0v) is 9.76. The van der Waals surface area contributed by atoms with Crippen LogP contribution in [0, 0.1) is 0 Å². The second kappa shape index (κ2) is 5.16. The van der Waals surface area contributed by atoms with E-state index in [-0.39, 0.29) is 17.1 Å².